The second-order valence-electron chi connectivity index (χ2n) is 4.32. The van der Waals surface area contributed by atoms with E-state index in [2.05, 4.69) is 15.0 Å². The Hall–Kier alpha value is -2.37. The van der Waals surface area contributed by atoms with Crippen molar-refractivity contribution in [2.75, 3.05) is 12.4 Å². The molecule has 0 bridgehead atoms. The van der Waals surface area contributed by atoms with Gasteiger partial charge in [-0.25, -0.2) is 0 Å². The van der Waals surface area contributed by atoms with Gasteiger partial charge < -0.3 is 14.8 Å². The van der Waals surface area contributed by atoms with Gasteiger partial charge in [-0.2, -0.15) is 8.78 Å². The molecule has 2 aromatic rings. The highest BCUT2D eigenvalue weighted by molar-refractivity contribution is 5.51. The number of nitrogens with zero attached hydrogens (tertiary/aromatic N) is 1. The molecule has 0 aliphatic carbocycles. The Morgan fingerprint density at radius 3 is 2.71 bits per heavy atom. The molecule has 1 aromatic carbocycles. The summed E-state index contributed by atoms with van der Waals surface area (Å²) >= 11 is 0. The zero-order valence-corrected chi connectivity index (χ0v) is 11.8. The van der Waals surface area contributed by atoms with Crippen LogP contribution >= 0.6 is 0 Å². The summed E-state index contributed by atoms with van der Waals surface area (Å²) in [6.07, 6.45) is 1.69. The standard InChI is InChI=1S/C15H16F2N2O2/c1-10-12(6-4-8-18-10)19-9-11-5-3-7-13(20-2)14(11)21-15(16)17/h3-8,15,19H,9H2,1-2H3. The molecule has 0 aliphatic heterocycles. The highest BCUT2D eigenvalue weighted by Gasteiger charge is 2.15. The molecule has 6 heteroatoms. The Morgan fingerprint density at radius 2 is 2.05 bits per heavy atom. The normalized spacial score (nSPS) is 10.5. The molecule has 0 saturated heterocycles. The largest absolute Gasteiger partial charge is 0.493 e. The van der Waals surface area contributed by atoms with Crippen LogP contribution in [0.4, 0.5) is 14.5 Å². The summed E-state index contributed by atoms with van der Waals surface area (Å²) in [6.45, 7) is -0.712. The number of aryl methyl sites for hydroxylation is 1. The Kier molecular flexibility index (Phi) is 4.92. The molecule has 1 heterocycles. The first-order valence-corrected chi connectivity index (χ1v) is 6.38. The molecule has 2 rings (SSSR count). The van der Waals surface area contributed by atoms with Gasteiger partial charge in [0, 0.05) is 18.3 Å². The Balaban J connectivity index is 2.21. The van der Waals surface area contributed by atoms with Gasteiger partial charge in [-0.15, -0.1) is 0 Å². The molecule has 112 valence electrons. The number of aromatic nitrogens is 1. The van der Waals surface area contributed by atoms with E-state index in [1.54, 1.807) is 30.5 Å². The van der Waals surface area contributed by atoms with Crippen molar-refractivity contribution in [3.8, 4) is 11.5 Å². The number of hydrogen-bond acceptors (Lipinski definition) is 4. The maximum Gasteiger partial charge on any atom is 0.387 e. The second kappa shape index (κ2) is 6.88. The van der Waals surface area contributed by atoms with Crippen molar-refractivity contribution < 1.29 is 18.3 Å². The minimum Gasteiger partial charge on any atom is -0.493 e. The number of anilines is 1. The van der Waals surface area contributed by atoms with Gasteiger partial charge in [-0.05, 0) is 25.1 Å². The Labute approximate surface area is 121 Å². The van der Waals surface area contributed by atoms with Crippen LogP contribution in [0, 0.1) is 6.92 Å². The highest BCUT2D eigenvalue weighted by atomic mass is 19.3. The minimum atomic E-state index is -2.90. The lowest BCUT2D eigenvalue weighted by molar-refractivity contribution is -0.0517. The third-order valence-corrected chi connectivity index (χ3v) is 2.96. The molecule has 21 heavy (non-hydrogen) atoms. The lowest BCUT2D eigenvalue weighted by atomic mass is 10.1. The number of methoxy groups -OCH3 is 1. The van der Waals surface area contributed by atoms with Crippen LogP contribution in [0.1, 0.15) is 11.3 Å². The number of para-hydroxylation sites is 1. The molecule has 0 aliphatic rings. The number of rotatable bonds is 6. The molecular formula is C15H16F2N2O2. The first-order valence-electron chi connectivity index (χ1n) is 6.38. The van der Waals surface area contributed by atoms with Crippen LogP contribution in [0.15, 0.2) is 36.5 Å². The van der Waals surface area contributed by atoms with Crippen LogP contribution in [0.3, 0.4) is 0 Å². The molecular weight excluding hydrogens is 278 g/mol. The number of halogens is 2. The number of alkyl halides is 2. The third-order valence-electron chi connectivity index (χ3n) is 2.96. The summed E-state index contributed by atoms with van der Waals surface area (Å²) in [7, 11) is 1.41. The van der Waals surface area contributed by atoms with E-state index >= 15 is 0 Å². The van der Waals surface area contributed by atoms with Crippen LogP contribution in [0.2, 0.25) is 0 Å². The molecule has 1 N–H and O–H groups in total. The number of hydrogen-bond donors (Lipinski definition) is 1. The molecule has 0 spiro atoms. The number of nitrogens with one attached hydrogen (secondary N) is 1. The molecule has 0 radical (unpaired) electrons. The summed E-state index contributed by atoms with van der Waals surface area (Å²) in [6, 6.07) is 8.69. The minimum absolute atomic E-state index is 0.0454. The van der Waals surface area contributed by atoms with E-state index in [0.717, 1.165) is 11.4 Å². The summed E-state index contributed by atoms with van der Waals surface area (Å²) in [5, 5.41) is 3.15. The molecule has 1 aromatic heterocycles. The summed E-state index contributed by atoms with van der Waals surface area (Å²) in [5.41, 5.74) is 2.25. The number of ether oxygens (including phenoxy) is 2. The van der Waals surface area contributed by atoms with E-state index in [9.17, 15) is 8.78 Å². The SMILES string of the molecule is COc1cccc(CNc2cccnc2C)c1OC(F)F. The fourth-order valence-electron chi connectivity index (χ4n) is 1.95. The van der Waals surface area contributed by atoms with Crippen LogP contribution < -0.4 is 14.8 Å². The maximum atomic E-state index is 12.5. The predicted molar refractivity (Wildman–Crippen MR) is 75.9 cm³/mol. The topological polar surface area (TPSA) is 43.4 Å². The van der Waals surface area contributed by atoms with Gasteiger partial charge in [0.15, 0.2) is 11.5 Å². The van der Waals surface area contributed by atoms with E-state index in [1.165, 1.54) is 7.11 Å². The van der Waals surface area contributed by atoms with Crippen molar-refractivity contribution in [1.82, 2.24) is 4.98 Å². The van der Waals surface area contributed by atoms with E-state index < -0.39 is 6.61 Å². The molecule has 0 unspecified atom stereocenters. The predicted octanol–water partition coefficient (Wildman–Crippen LogP) is 3.61. The van der Waals surface area contributed by atoms with Crippen molar-refractivity contribution in [1.29, 1.82) is 0 Å². The van der Waals surface area contributed by atoms with E-state index in [-0.39, 0.29) is 11.5 Å². The van der Waals surface area contributed by atoms with Crippen molar-refractivity contribution in [3.05, 3.63) is 47.8 Å². The first kappa shape index (κ1) is 15.0. The second-order valence-corrected chi connectivity index (χ2v) is 4.32. The van der Waals surface area contributed by atoms with Gasteiger partial charge in [-0.1, -0.05) is 12.1 Å². The van der Waals surface area contributed by atoms with Crippen LogP contribution in [0.5, 0.6) is 11.5 Å². The Morgan fingerprint density at radius 1 is 1.24 bits per heavy atom. The fourth-order valence-corrected chi connectivity index (χ4v) is 1.95. The van der Waals surface area contributed by atoms with Crippen molar-refractivity contribution in [3.63, 3.8) is 0 Å². The maximum absolute atomic E-state index is 12.5. The highest BCUT2D eigenvalue weighted by Crippen LogP contribution is 2.33. The van der Waals surface area contributed by atoms with Crippen molar-refractivity contribution in [2.45, 2.75) is 20.1 Å². The van der Waals surface area contributed by atoms with E-state index in [1.807, 2.05) is 13.0 Å². The number of pyridine rings is 1. The zero-order valence-electron chi connectivity index (χ0n) is 11.8. The summed E-state index contributed by atoms with van der Waals surface area (Å²) in [4.78, 5) is 4.16. The zero-order chi connectivity index (χ0) is 15.2. The van der Waals surface area contributed by atoms with Crippen molar-refractivity contribution in [2.24, 2.45) is 0 Å². The first-order chi connectivity index (χ1) is 10.1. The molecule has 0 fully saturated rings. The molecule has 4 nitrogen and oxygen atoms in total. The van der Waals surface area contributed by atoms with Gasteiger partial charge in [-0.3, -0.25) is 4.98 Å². The van der Waals surface area contributed by atoms with Crippen LogP contribution in [-0.2, 0) is 6.54 Å². The molecule has 0 atom stereocenters. The lowest BCUT2D eigenvalue weighted by Gasteiger charge is -2.15. The number of benzene rings is 1. The molecule has 0 saturated carbocycles. The van der Waals surface area contributed by atoms with Crippen LogP contribution in [-0.4, -0.2) is 18.7 Å². The summed E-state index contributed by atoms with van der Waals surface area (Å²) in [5.74, 6) is 0.321. The Bertz CT molecular complexity index is 606. The van der Waals surface area contributed by atoms with Gasteiger partial charge in [0.2, 0.25) is 0 Å². The third kappa shape index (κ3) is 3.81. The van der Waals surface area contributed by atoms with E-state index in [0.29, 0.717) is 12.1 Å². The monoisotopic (exact) mass is 294 g/mol. The van der Waals surface area contributed by atoms with Gasteiger partial charge in [0.1, 0.15) is 0 Å². The average Bonchev–Trinajstić information content (AvgIpc) is 2.47. The van der Waals surface area contributed by atoms with Gasteiger partial charge in [0.05, 0.1) is 18.5 Å². The van der Waals surface area contributed by atoms with E-state index in [4.69, 9.17) is 4.74 Å². The van der Waals surface area contributed by atoms with Crippen LogP contribution in [0.25, 0.3) is 0 Å². The lowest BCUT2D eigenvalue weighted by Crippen LogP contribution is -2.09. The quantitative estimate of drug-likeness (QED) is 0.884. The molecule has 0 amide bonds. The van der Waals surface area contributed by atoms with Gasteiger partial charge >= 0.3 is 6.61 Å². The van der Waals surface area contributed by atoms with Gasteiger partial charge in [0.25, 0.3) is 0 Å². The fraction of sp³-hybridized carbons (Fsp3) is 0.267. The smallest absolute Gasteiger partial charge is 0.387 e. The summed E-state index contributed by atoms with van der Waals surface area (Å²) < 4.78 is 34.7. The average molecular weight is 294 g/mol. The van der Waals surface area contributed by atoms with Crippen molar-refractivity contribution >= 4 is 5.69 Å².